The largest absolute Gasteiger partial charge is 0.381 e. The van der Waals surface area contributed by atoms with E-state index in [2.05, 4.69) is 40.0 Å². The van der Waals surface area contributed by atoms with Crippen LogP contribution in [0.2, 0.25) is 10.0 Å². The number of rotatable bonds is 4. The van der Waals surface area contributed by atoms with Gasteiger partial charge in [0.05, 0.1) is 0 Å². The molecule has 0 bridgehead atoms. The van der Waals surface area contributed by atoms with E-state index in [0.29, 0.717) is 6.54 Å². The molecule has 0 aliphatic rings. The van der Waals surface area contributed by atoms with E-state index < -0.39 is 0 Å². The first kappa shape index (κ1) is 25.2. The normalized spacial score (nSPS) is 9.55. The number of anilines is 1. The van der Waals surface area contributed by atoms with E-state index in [1.54, 1.807) is 0 Å². The van der Waals surface area contributed by atoms with Crippen molar-refractivity contribution >= 4 is 51.5 Å². The Morgan fingerprint density at radius 1 is 0.613 bits per heavy atom. The van der Waals surface area contributed by atoms with Crippen molar-refractivity contribution in [2.75, 3.05) is 5.32 Å². The molecule has 2 nitrogen and oxygen atoms in total. The Balaban J connectivity index is 0.000000181. The van der Waals surface area contributed by atoms with Crippen LogP contribution in [-0.4, -0.2) is 0 Å². The van der Waals surface area contributed by atoms with Gasteiger partial charge in [0.1, 0.15) is 0 Å². The second-order valence-electron chi connectivity index (χ2n) is 6.47. The summed E-state index contributed by atoms with van der Waals surface area (Å²) in [5.74, 6) is 0. The van der Waals surface area contributed by atoms with Gasteiger partial charge in [-0.05, 0) is 82.2 Å². The summed E-state index contributed by atoms with van der Waals surface area (Å²) < 4.78 is 1.21. The van der Waals surface area contributed by atoms with Gasteiger partial charge >= 0.3 is 0 Å². The molecular formula is C26H25Cl2IN2. The average Bonchev–Trinajstić information content (AvgIpc) is 2.83. The van der Waals surface area contributed by atoms with Crippen LogP contribution in [0.4, 0.5) is 5.69 Å². The Bertz CT molecular complexity index is 956. The fourth-order valence-electron chi connectivity index (χ4n) is 2.41. The highest BCUT2D eigenvalue weighted by Gasteiger charge is 1.93. The Kier molecular flexibility index (Phi) is 12.1. The Morgan fingerprint density at radius 3 is 1.48 bits per heavy atom. The van der Waals surface area contributed by atoms with Gasteiger partial charge in [-0.2, -0.15) is 0 Å². The molecule has 0 radical (unpaired) electrons. The number of halogens is 3. The lowest BCUT2D eigenvalue weighted by Gasteiger charge is -2.06. The topological polar surface area (TPSA) is 38.0 Å². The number of nitrogens with one attached hydrogen (secondary N) is 1. The SMILES string of the molecule is Clc1ccc(I)cc1.Clc1ccc(NCc2ccccc2)cc1.NCc1ccccc1. The summed E-state index contributed by atoms with van der Waals surface area (Å²) in [6, 6.07) is 35.7. The monoisotopic (exact) mass is 562 g/mol. The first-order chi connectivity index (χ1) is 15.1. The highest BCUT2D eigenvalue weighted by atomic mass is 127. The molecule has 4 aromatic carbocycles. The van der Waals surface area contributed by atoms with Gasteiger partial charge in [0, 0.05) is 32.4 Å². The zero-order valence-corrected chi connectivity index (χ0v) is 20.7. The molecule has 0 aliphatic heterocycles. The molecule has 3 N–H and O–H groups in total. The standard InChI is InChI=1S/C13H12ClN.C7H9N.C6H4ClI/c14-12-6-8-13(9-7-12)15-10-11-4-2-1-3-5-11;8-6-7-4-2-1-3-5-7;7-5-1-3-6(8)4-2-5/h1-9,15H,10H2;1-5H,6,8H2;1-4H. The van der Waals surface area contributed by atoms with Gasteiger partial charge in [0.25, 0.3) is 0 Å². The van der Waals surface area contributed by atoms with E-state index in [0.717, 1.165) is 22.3 Å². The molecule has 31 heavy (non-hydrogen) atoms. The average molecular weight is 563 g/mol. The van der Waals surface area contributed by atoms with E-state index in [1.165, 1.54) is 14.7 Å². The minimum Gasteiger partial charge on any atom is -0.381 e. The predicted octanol–water partition coefficient (Wildman–Crippen LogP) is 8.04. The predicted molar refractivity (Wildman–Crippen MR) is 144 cm³/mol. The van der Waals surface area contributed by atoms with E-state index in [-0.39, 0.29) is 0 Å². The molecule has 4 aromatic rings. The van der Waals surface area contributed by atoms with Crippen molar-refractivity contribution in [3.8, 4) is 0 Å². The summed E-state index contributed by atoms with van der Waals surface area (Å²) in [7, 11) is 0. The van der Waals surface area contributed by atoms with Gasteiger partial charge in [-0.1, -0.05) is 83.9 Å². The third-order valence-electron chi connectivity index (χ3n) is 4.07. The molecule has 0 saturated carbocycles. The van der Waals surface area contributed by atoms with E-state index in [1.807, 2.05) is 97.1 Å². The molecule has 0 fully saturated rings. The molecule has 5 heteroatoms. The maximum absolute atomic E-state index is 5.80. The second-order valence-corrected chi connectivity index (χ2v) is 8.59. The summed E-state index contributed by atoms with van der Waals surface area (Å²) in [5.41, 5.74) is 8.89. The maximum atomic E-state index is 5.80. The van der Waals surface area contributed by atoms with Crippen LogP contribution in [0.3, 0.4) is 0 Å². The molecule has 0 atom stereocenters. The van der Waals surface area contributed by atoms with Gasteiger partial charge < -0.3 is 11.1 Å². The lowest BCUT2D eigenvalue weighted by Crippen LogP contribution is -1.98. The molecule has 0 saturated heterocycles. The van der Waals surface area contributed by atoms with Crippen LogP contribution in [0, 0.1) is 3.57 Å². The zero-order chi connectivity index (χ0) is 22.3. The third kappa shape index (κ3) is 11.2. The highest BCUT2D eigenvalue weighted by molar-refractivity contribution is 14.1. The van der Waals surface area contributed by atoms with Crippen molar-refractivity contribution in [3.05, 3.63) is 134 Å². The molecular weight excluding hydrogens is 538 g/mol. The van der Waals surface area contributed by atoms with Crippen molar-refractivity contribution in [2.24, 2.45) is 5.73 Å². The molecule has 0 heterocycles. The fraction of sp³-hybridized carbons (Fsp3) is 0.0769. The molecule has 4 rings (SSSR count). The number of nitrogens with two attached hydrogens (primary N) is 1. The zero-order valence-electron chi connectivity index (χ0n) is 17.0. The quantitative estimate of drug-likeness (QED) is 0.247. The van der Waals surface area contributed by atoms with Gasteiger partial charge in [0.15, 0.2) is 0 Å². The van der Waals surface area contributed by atoms with Crippen molar-refractivity contribution in [2.45, 2.75) is 13.1 Å². The van der Waals surface area contributed by atoms with Crippen LogP contribution in [0.1, 0.15) is 11.1 Å². The molecule has 0 spiro atoms. The van der Waals surface area contributed by atoms with E-state index in [4.69, 9.17) is 28.9 Å². The molecule has 0 unspecified atom stereocenters. The van der Waals surface area contributed by atoms with E-state index in [9.17, 15) is 0 Å². The number of benzene rings is 4. The minimum absolute atomic E-state index is 0.640. The van der Waals surface area contributed by atoms with Gasteiger partial charge in [-0.15, -0.1) is 0 Å². The Labute approximate surface area is 208 Å². The second kappa shape index (κ2) is 14.9. The Hall–Kier alpha value is -2.05. The van der Waals surface area contributed by atoms with Crippen LogP contribution in [0.15, 0.2) is 109 Å². The molecule has 0 aliphatic carbocycles. The van der Waals surface area contributed by atoms with Crippen molar-refractivity contribution in [1.82, 2.24) is 0 Å². The molecule has 160 valence electrons. The van der Waals surface area contributed by atoms with Crippen LogP contribution in [-0.2, 0) is 13.1 Å². The molecule has 0 aromatic heterocycles. The summed E-state index contributed by atoms with van der Waals surface area (Å²) in [5, 5.41) is 4.89. The van der Waals surface area contributed by atoms with Crippen LogP contribution in [0.25, 0.3) is 0 Å². The lowest BCUT2D eigenvalue weighted by atomic mass is 10.2. The van der Waals surface area contributed by atoms with Crippen molar-refractivity contribution < 1.29 is 0 Å². The lowest BCUT2D eigenvalue weighted by molar-refractivity contribution is 1.07. The first-order valence-corrected chi connectivity index (χ1v) is 11.6. The summed E-state index contributed by atoms with van der Waals surface area (Å²) in [6.45, 7) is 1.48. The van der Waals surface area contributed by atoms with Crippen LogP contribution in [0.5, 0.6) is 0 Å². The van der Waals surface area contributed by atoms with Gasteiger partial charge in [-0.25, -0.2) is 0 Å². The summed E-state index contributed by atoms with van der Waals surface area (Å²) in [6.07, 6.45) is 0. The summed E-state index contributed by atoms with van der Waals surface area (Å²) in [4.78, 5) is 0. The minimum atomic E-state index is 0.640. The summed E-state index contributed by atoms with van der Waals surface area (Å²) >= 11 is 13.6. The van der Waals surface area contributed by atoms with Crippen LogP contribution >= 0.6 is 45.8 Å². The van der Waals surface area contributed by atoms with Crippen molar-refractivity contribution in [3.63, 3.8) is 0 Å². The maximum Gasteiger partial charge on any atom is 0.0407 e. The first-order valence-electron chi connectivity index (χ1n) is 9.75. The Morgan fingerprint density at radius 2 is 1.06 bits per heavy atom. The third-order valence-corrected chi connectivity index (χ3v) is 5.29. The number of hydrogen-bond donors (Lipinski definition) is 2. The molecule has 0 amide bonds. The van der Waals surface area contributed by atoms with Gasteiger partial charge in [-0.3, -0.25) is 0 Å². The highest BCUT2D eigenvalue weighted by Crippen LogP contribution is 2.14. The van der Waals surface area contributed by atoms with E-state index >= 15 is 0 Å². The van der Waals surface area contributed by atoms with Crippen molar-refractivity contribution in [1.29, 1.82) is 0 Å². The van der Waals surface area contributed by atoms with Gasteiger partial charge in [0.2, 0.25) is 0 Å². The van der Waals surface area contributed by atoms with Crippen LogP contribution < -0.4 is 11.1 Å². The smallest absolute Gasteiger partial charge is 0.0407 e. The fourth-order valence-corrected chi connectivity index (χ4v) is 3.02. The number of hydrogen-bond acceptors (Lipinski definition) is 2.